The second-order valence-corrected chi connectivity index (χ2v) is 7.31. The quantitative estimate of drug-likeness (QED) is 0.855. The molecule has 2 aliphatic rings. The molecule has 2 heterocycles. The molecular weight excluding hydrogens is 302 g/mol. The molecule has 6 nitrogen and oxygen atoms in total. The Balaban J connectivity index is 1.62. The minimum atomic E-state index is -0.113. The van der Waals surface area contributed by atoms with Crippen molar-refractivity contribution in [3.63, 3.8) is 0 Å². The van der Waals surface area contributed by atoms with E-state index in [1.807, 2.05) is 13.8 Å². The van der Waals surface area contributed by atoms with Crippen molar-refractivity contribution >= 4 is 23.2 Å². The molecule has 1 aromatic rings. The summed E-state index contributed by atoms with van der Waals surface area (Å²) < 4.78 is 5.64. The summed E-state index contributed by atoms with van der Waals surface area (Å²) in [5, 5.41) is 6.95. The van der Waals surface area contributed by atoms with Gasteiger partial charge >= 0.3 is 0 Å². The number of aromatic nitrogens is 1. The van der Waals surface area contributed by atoms with Crippen LogP contribution in [0.3, 0.4) is 0 Å². The summed E-state index contributed by atoms with van der Waals surface area (Å²) in [6.45, 7) is 6.06. The van der Waals surface area contributed by atoms with Crippen LogP contribution in [0.2, 0.25) is 0 Å². The van der Waals surface area contributed by atoms with E-state index in [-0.39, 0.29) is 30.0 Å². The summed E-state index contributed by atoms with van der Waals surface area (Å²) in [7, 11) is 0. The first-order chi connectivity index (χ1) is 10.5. The van der Waals surface area contributed by atoms with Gasteiger partial charge in [-0.05, 0) is 20.3 Å². The molecule has 1 saturated carbocycles. The molecule has 0 bridgehead atoms. The fourth-order valence-corrected chi connectivity index (χ4v) is 4.37. The van der Waals surface area contributed by atoms with E-state index in [2.05, 4.69) is 15.6 Å². The molecular formula is C15H21N3O3S. The minimum Gasteiger partial charge on any atom is -0.376 e. The van der Waals surface area contributed by atoms with Crippen molar-refractivity contribution in [1.82, 2.24) is 15.6 Å². The third kappa shape index (κ3) is 2.87. The van der Waals surface area contributed by atoms with E-state index >= 15 is 0 Å². The van der Waals surface area contributed by atoms with Crippen LogP contribution in [0.1, 0.15) is 28.9 Å². The van der Waals surface area contributed by atoms with Gasteiger partial charge in [-0.2, -0.15) is 0 Å². The van der Waals surface area contributed by atoms with Crippen molar-refractivity contribution in [2.75, 3.05) is 6.61 Å². The van der Waals surface area contributed by atoms with Crippen LogP contribution in [-0.2, 0) is 20.7 Å². The van der Waals surface area contributed by atoms with Crippen LogP contribution in [0.25, 0.3) is 0 Å². The number of fused-ring (bicyclic) bond motifs is 1. The van der Waals surface area contributed by atoms with Gasteiger partial charge in [0.2, 0.25) is 11.8 Å². The Kier molecular flexibility index (Phi) is 4.18. The fraction of sp³-hybridized carbons (Fsp3) is 0.667. The molecule has 2 N–H and O–H groups in total. The number of carbonyl (C=O) groups excluding carboxylic acids is 2. The third-order valence-corrected chi connectivity index (χ3v) is 5.48. The number of nitrogens with one attached hydrogen (secondary N) is 2. The van der Waals surface area contributed by atoms with Gasteiger partial charge < -0.3 is 15.4 Å². The number of rotatable bonds is 4. The summed E-state index contributed by atoms with van der Waals surface area (Å²) in [4.78, 5) is 29.0. The average molecular weight is 323 g/mol. The van der Waals surface area contributed by atoms with Gasteiger partial charge in [-0.25, -0.2) is 4.98 Å². The van der Waals surface area contributed by atoms with Crippen LogP contribution in [0.5, 0.6) is 0 Å². The number of hydrogen-bond donors (Lipinski definition) is 2. The molecule has 22 heavy (non-hydrogen) atoms. The average Bonchev–Trinajstić information content (AvgIpc) is 2.98. The largest absolute Gasteiger partial charge is 0.376 e. The van der Waals surface area contributed by atoms with Crippen molar-refractivity contribution in [3.8, 4) is 0 Å². The zero-order valence-corrected chi connectivity index (χ0v) is 13.8. The molecule has 120 valence electrons. The molecule has 0 aromatic carbocycles. The predicted octanol–water partition coefficient (Wildman–Crippen LogP) is 0.711. The first-order valence-corrected chi connectivity index (χ1v) is 8.38. The number of aryl methyl sites for hydroxylation is 2. The van der Waals surface area contributed by atoms with Crippen molar-refractivity contribution in [1.29, 1.82) is 0 Å². The molecule has 2 fully saturated rings. The smallest absolute Gasteiger partial charge is 0.225 e. The molecule has 4 atom stereocenters. The van der Waals surface area contributed by atoms with E-state index < -0.39 is 0 Å². The van der Waals surface area contributed by atoms with Crippen LogP contribution >= 0.6 is 11.3 Å². The van der Waals surface area contributed by atoms with E-state index in [4.69, 9.17) is 4.74 Å². The Morgan fingerprint density at radius 3 is 2.73 bits per heavy atom. The summed E-state index contributed by atoms with van der Waals surface area (Å²) in [5.74, 6) is 0.203. The zero-order valence-electron chi connectivity index (χ0n) is 13.0. The van der Waals surface area contributed by atoms with E-state index in [9.17, 15) is 9.59 Å². The summed E-state index contributed by atoms with van der Waals surface area (Å²) >= 11 is 1.56. The second kappa shape index (κ2) is 5.96. The summed E-state index contributed by atoms with van der Waals surface area (Å²) in [5.41, 5.74) is 0.923. The Bertz CT molecular complexity index is 601. The topological polar surface area (TPSA) is 80.3 Å². The molecule has 4 unspecified atom stereocenters. The fourth-order valence-electron chi connectivity index (χ4n) is 3.43. The molecule has 1 aromatic heterocycles. The molecule has 0 radical (unpaired) electrons. The van der Waals surface area contributed by atoms with Crippen LogP contribution in [0.4, 0.5) is 0 Å². The van der Waals surface area contributed by atoms with Crippen molar-refractivity contribution in [2.24, 2.45) is 5.92 Å². The van der Waals surface area contributed by atoms with E-state index in [0.717, 1.165) is 22.0 Å². The van der Waals surface area contributed by atoms with Gasteiger partial charge in [0.25, 0.3) is 0 Å². The van der Waals surface area contributed by atoms with E-state index in [1.165, 1.54) is 6.92 Å². The molecule has 1 aliphatic carbocycles. The normalized spacial score (nSPS) is 29.6. The third-order valence-electron chi connectivity index (χ3n) is 4.40. The molecule has 7 heteroatoms. The van der Waals surface area contributed by atoms with Gasteiger partial charge in [0.05, 0.1) is 35.3 Å². The lowest BCUT2D eigenvalue weighted by molar-refractivity contribution is -0.129. The first kappa shape index (κ1) is 15.4. The van der Waals surface area contributed by atoms with Crippen LogP contribution < -0.4 is 10.6 Å². The van der Waals surface area contributed by atoms with Gasteiger partial charge in [0.15, 0.2) is 0 Å². The Morgan fingerprint density at radius 1 is 1.32 bits per heavy atom. The number of ether oxygens (including phenoxy) is 1. The van der Waals surface area contributed by atoms with Crippen LogP contribution in [0.15, 0.2) is 0 Å². The Labute approximate surface area is 133 Å². The second-order valence-electron chi connectivity index (χ2n) is 6.03. The predicted molar refractivity (Wildman–Crippen MR) is 82.7 cm³/mol. The highest BCUT2D eigenvalue weighted by Gasteiger charge is 2.54. The van der Waals surface area contributed by atoms with Crippen LogP contribution in [0, 0.1) is 19.8 Å². The highest BCUT2D eigenvalue weighted by Crippen LogP contribution is 2.39. The van der Waals surface area contributed by atoms with Crippen molar-refractivity contribution in [2.45, 2.75) is 51.8 Å². The Morgan fingerprint density at radius 2 is 2.09 bits per heavy atom. The molecule has 0 spiro atoms. The molecule has 1 aliphatic heterocycles. The highest BCUT2D eigenvalue weighted by molar-refractivity contribution is 7.11. The van der Waals surface area contributed by atoms with Crippen molar-refractivity contribution in [3.05, 3.63) is 15.6 Å². The summed E-state index contributed by atoms with van der Waals surface area (Å²) in [6.07, 6.45) is 1.32. The SMILES string of the molecule is CC(=O)NC1C(NC(=O)Cc2sc(C)nc2C)C2CCOC21. The molecule has 1 saturated heterocycles. The summed E-state index contributed by atoms with van der Waals surface area (Å²) in [6, 6.07) is -0.142. The molecule has 2 amide bonds. The maximum atomic E-state index is 12.3. The van der Waals surface area contributed by atoms with Gasteiger partial charge in [0, 0.05) is 24.3 Å². The van der Waals surface area contributed by atoms with Gasteiger partial charge in [0.1, 0.15) is 0 Å². The maximum Gasteiger partial charge on any atom is 0.225 e. The van der Waals surface area contributed by atoms with E-state index in [1.54, 1.807) is 11.3 Å². The zero-order chi connectivity index (χ0) is 15.9. The van der Waals surface area contributed by atoms with Crippen molar-refractivity contribution < 1.29 is 14.3 Å². The monoisotopic (exact) mass is 323 g/mol. The molecule has 3 rings (SSSR count). The lowest BCUT2D eigenvalue weighted by atomic mass is 9.71. The number of amides is 2. The minimum absolute atomic E-state index is 0.0162. The first-order valence-electron chi connectivity index (χ1n) is 7.56. The number of thiazole rings is 1. The Hall–Kier alpha value is -1.47. The van der Waals surface area contributed by atoms with Gasteiger partial charge in [-0.1, -0.05) is 0 Å². The number of nitrogens with zero attached hydrogens (tertiary/aromatic N) is 1. The van der Waals surface area contributed by atoms with Gasteiger partial charge in [-0.3, -0.25) is 9.59 Å². The standard InChI is InChI=1S/C15H21N3O3S/c1-7-11(22-9(3)16-7)6-12(20)18-13-10-4-5-21-15(10)14(13)17-8(2)19/h10,13-15H,4-6H2,1-3H3,(H,17,19)(H,18,20). The number of hydrogen-bond acceptors (Lipinski definition) is 5. The number of carbonyl (C=O) groups is 2. The van der Waals surface area contributed by atoms with Gasteiger partial charge in [-0.15, -0.1) is 11.3 Å². The maximum absolute atomic E-state index is 12.3. The highest BCUT2D eigenvalue weighted by atomic mass is 32.1. The van der Waals surface area contributed by atoms with E-state index in [0.29, 0.717) is 18.9 Å². The lowest BCUT2D eigenvalue weighted by Gasteiger charge is -2.47. The van der Waals surface area contributed by atoms with Crippen LogP contribution in [-0.4, -0.2) is 41.6 Å². The lowest BCUT2D eigenvalue weighted by Crippen LogP contribution is -2.70.